The van der Waals surface area contributed by atoms with Crippen molar-refractivity contribution in [2.75, 3.05) is 0 Å². The molecule has 1 rings (SSSR count). The fourth-order valence-electron chi connectivity index (χ4n) is 1.37. The van der Waals surface area contributed by atoms with Crippen LogP contribution in [-0.2, 0) is 11.1 Å². The highest BCUT2D eigenvalue weighted by molar-refractivity contribution is 7.79. The Morgan fingerprint density at radius 1 is 1.38 bits per heavy atom. The van der Waals surface area contributed by atoms with Crippen LogP contribution in [0.25, 0.3) is 5.57 Å². The monoisotopic (exact) mass is 236 g/mol. The molecule has 1 aromatic rings. The molecule has 0 aliphatic heterocycles. The van der Waals surface area contributed by atoms with Crippen molar-refractivity contribution in [3.05, 3.63) is 48.1 Å². The summed E-state index contributed by atoms with van der Waals surface area (Å²) >= 11 is -1.90. The molecule has 0 radical (unpaired) electrons. The van der Waals surface area contributed by atoms with Crippen LogP contribution in [0, 0.1) is 0 Å². The summed E-state index contributed by atoms with van der Waals surface area (Å²) in [6.07, 6.45) is 7.17. The fourth-order valence-corrected chi connectivity index (χ4v) is 1.74. The molecule has 1 unspecified atom stereocenters. The Hall–Kier alpha value is -1.19. The van der Waals surface area contributed by atoms with Crippen LogP contribution < -0.4 is 0 Å². The molecule has 1 atom stereocenters. The van der Waals surface area contributed by atoms with Crippen LogP contribution in [0.15, 0.2) is 47.4 Å². The molecule has 0 saturated carbocycles. The van der Waals surface area contributed by atoms with Crippen molar-refractivity contribution in [3.63, 3.8) is 0 Å². The van der Waals surface area contributed by atoms with Gasteiger partial charge in [0.1, 0.15) is 0 Å². The number of rotatable bonds is 4. The normalized spacial score (nSPS) is 14.3. The standard InChI is InChI=1S/C13H16O2S/c1-3-5-6-11(4-2)12-7-9-13(10-8-12)16(14)15/h4-10H,3H2,1-2H3,(H,14,15). The van der Waals surface area contributed by atoms with E-state index in [4.69, 9.17) is 4.55 Å². The Balaban J connectivity index is 2.96. The zero-order valence-corrected chi connectivity index (χ0v) is 10.3. The van der Waals surface area contributed by atoms with Gasteiger partial charge in [0.15, 0.2) is 11.1 Å². The molecule has 0 fully saturated rings. The predicted octanol–water partition coefficient (Wildman–Crippen LogP) is 3.64. The van der Waals surface area contributed by atoms with Gasteiger partial charge in [-0.3, -0.25) is 0 Å². The van der Waals surface area contributed by atoms with E-state index in [-0.39, 0.29) is 0 Å². The second-order valence-corrected chi connectivity index (χ2v) is 4.30. The molecule has 0 heterocycles. The topological polar surface area (TPSA) is 37.3 Å². The number of hydrogen-bond acceptors (Lipinski definition) is 1. The molecular weight excluding hydrogens is 220 g/mol. The van der Waals surface area contributed by atoms with E-state index in [1.165, 1.54) is 0 Å². The molecule has 0 saturated heterocycles. The zero-order chi connectivity index (χ0) is 12.0. The Morgan fingerprint density at radius 2 is 2.00 bits per heavy atom. The Kier molecular flexibility index (Phi) is 5.15. The lowest BCUT2D eigenvalue weighted by Gasteiger charge is -2.02. The minimum Gasteiger partial charge on any atom is -0.302 e. The highest BCUT2D eigenvalue weighted by Crippen LogP contribution is 2.17. The SMILES string of the molecule is CC=C(C=CCC)c1ccc(S(=O)O)cc1. The first-order chi connectivity index (χ1) is 7.69. The summed E-state index contributed by atoms with van der Waals surface area (Å²) in [5.74, 6) is 0. The highest BCUT2D eigenvalue weighted by Gasteiger charge is 2.00. The average Bonchev–Trinajstić information content (AvgIpc) is 2.30. The quantitative estimate of drug-likeness (QED) is 0.640. The van der Waals surface area contributed by atoms with Crippen LogP contribution in [0.3, 0.4) is 0 Å². The van der Waals surface area contributed by atoms with Crippen LogP contribution in [0.4, 0.5) is 0 Å². The van der Waals surface area contributed by atoms with E-state index < -0.39 is 11.1 Å². The molecule has 3 heteroatoms. The molecule has 1 N–H and O–H groups in total. The number of hydrogen-bond donors (Lipinski definition) is 1. The molecule has 0 bridgehead atoms. The average molecular weight is 236 g/mol. The molecule has 0 amide bonds. The summed E-state index contributed by atoms with van der Waals surface area (Å²) in [6.45, 7) is 4.06. The molecule has 16 heavy (non-hydrogen) atoms. The van der Waals surface area contributed by atoms with E-state index in [1.54, 1.807) is 12.1 Å². The van der Waals surface area contributed by atoms with Crippen molar-refractivity contribution in [1.82, 2.24) is 0 Å². The Morgan fingerprint density at radius 3 is 2.44 bits per heavy atom. The van der Waals surface area contributed by atoms with Crippen LogP contribution >= 0.6 is 0 Å². The fraction of sp³-hybridized carbons (Fsp3) is 0.231. The summed E-state index contributed by atoms with van der Waals surface area (Å²) in [6, 6.07) is 7.07. The van der Waals surface area contributed by atoms with E-state index in [0.29, 0.717) is 4.90 Å². The van der Waals surface area contributed by atoms with Crippen molar-refractivity contribution < 1.29 is 8.76 Å². The minimum atomic E-state index is -1.90. The van der Waals surface area contributed by atoms with E-state index in [1.807, 2.05) is 25.1 Å². The maximum Gasteiger partial charge on any atom is 0.186 e. The van der Waals surface area contributed by atoms with Crippen molar-refractivity contribution in [2.45, 2.75) is 25.2 Å². The van der Waals surface area contributed by atoms with Crippen LogP contribution in [-0.4, -0.2) is 8.76 Å². The highest BCUT2D eigenvalue weighted by atomic mass is 32.2. The minimum absolute atomic E-state index is 0.429. The molecule has 0 aliphatic carbocycles. The van der Waals surface area contributed by atoms with Gasteiger partial charge in [0.05, 0.1) is 4.90 Å². The molecule has 0 aromatic heterocycles. The van der Waals surface area contributed by atoms with E-state index in [2.05, 4.69) is 19.1 Å². The van der Waals surface area contributed by atoms with Gasteiger partial charge in [-0.2, -0.15) is 0 Å². The Bertz CT molecular complexity index is 416. The van der Waals surface area contributed by atoms with Gasteiger partial charge in [0, 0.05) is 0 Å². The van der Waals surface area contributed by atoms with E-state index in [0.717, 1.165) is 17.6 Å². The van der Waals surface area contributed by atoms with Crippen LogP contribution in [0.1, 0.15) is 25.8 Å². The van der Waals surface area contributed by atoms with Gasteiger partial charge in [0.2, 0.25) is 0 Å². The molecule has 0 spiro atoms. The summed E-state index contributed by atoms with van der Waals surface area (Å²) in [5, 5.41) is 0. The maximum atomic E-state index is 10.8. The third-order valence-corrected chi connectivity index (χ3v) is 2.91. The van der Waals surface area contributed by atoms with Gasteiger partial charge in [0.25, 0.3) is 0 Å². The second kappa shape index (κ2) is 6.40. The lowest BCUT2D eigenvalue weighted by molar-refractivity contribution is 0.564. The summed E-state index contributed by atoms with van der Waals surface area (Å²) in [7, 11) is 0. The lowest BCUT2D eigenvalue weighted by Crippen LogP contribution is -1.88. The van der Waals surface area contributed by atoms with Gasteiger partial charge < -0.3 is 4.55 Å². The van der Waals surface area contributed by atoms with Gasteiger partial charge >= 0.3 is 0 Å². The summed E-state index contributed by atoms with van der Waals surface area (Å²) in [4.78, 5) is 0.429. The summed E-state index contributed by atoms with van der Waals surface area (Å²) in [5.41, 5.74) is 2.18. The zero-order valence-electron chi connectivity index (χ0n) is 9.51. The molecule has 1 aromatic carbocycles. The molecule has 2 nitrogen and oxygen atoms in total. The first-order valence-corrected chi connectivity index (χ1v) is 6.33. The van der Waals surface area contributed by atoms with Crippen molar-refractivity contribution in [2.24, 2.45) is 0 Å². The predicted molar refractivity (Wildman–Crippen MR) is 68.6 cm³/mol. The van der Waals surface area contributed by atoms with Gasteiger partial charge in [-0.05, 0) is 36.6 Å². The molecular formula is C13H16O2S. The smallest absolute Gasteiger partial charge is 0.186 e. The van der Waals surface area contributed by atoms with E-state index >= 15 is 0 Å². The first kappa shape index (κ1) is 12.9. The first-order valence-electron chi connectivity index (χ1n) is 5.23. The summed E-state index contributed by atoms with van der Waals surface area (Å²) < 4.78 is 19.7. The maximum absolute atomic E-state index is 10.8. The molecule has 86 valence electrons. The van der Waals surface area contributed by atoms with E-state index in [9.17, 15) is 4.21 Å². The Labute approximate surface area is 99.0 Å². The lowest BCUT2D eigenvalue weighted by atomic mass is 10.1. The van der Waals surface area contributed by atoms with Crippen molar-refractivity contribution in [1.29, 1.82) is 0 Å². The molecule has 0 aliphatic rings. The van der Waals surface area contributed by atoms with Gasteiger partial charge in [-0.15, -0.1) is 0 Å². The van der Waals surface area contributed by atoms with Gasteiger partial charge in [-0.25, -0.2) is 4.21 Å². The largest absolute Gasteiger partial charge is 0.302 e. The van der Waals surface area contributed by atoms with Crippen LogP contribution in [0.5, 0.6) is 0 Å². The number of allylic oxidation sites excluding steroid dienone is 4. The third kappa shape index (κ3) is 3.43. The number of benzene rings is 1. The van der Waals surface area contributed by atoms with Gasteiger partial charge in [-0.1, -0.05) is 37.3 Å². The third-order valence-electron chi connectivity index (χ3n) is 2.23. The van der Waals surface area contributed by atoms with Crippen molar-refractivity contribution in [3.8, 4) is 0 Å². The van der Waals surface area contributed by atoms with Crippen molar-refractivity contribution >= 4 is 16.7 Å². The second-order valence-electron chi connectivity index (χ2n) is 3.33. The van der Waals surface area contributed by atoms with Crippen LogP contribution in [0.2, 0.25) is 0 Å².